The van der Waals surface area contributed by atoms with E-state index in [1.54, 1.807) is 48.5 Å². The van der Waals surface area contributed by atoms with Crippen LogP contribution < -0.4 is 10.2 Å². The first-order valence-electron chi connectivity index (χ1n) is 10.5. The summed E-state index contributed by atoms with van der Waals surface area (Å²) >= 11 is 0. The fraction of sp³-hybridized carbons (Fsp3) is 0.280. The molecule has 3 aromatic rings. The minimum Gasteiger partial charge on any atom is -0.459 e. The van der Waals surface area contributed by atoms with Crippen molar-refractivity contribution in [3.8, 4) is 0 Å². The normalized spacial score (nSPS) is 14.9. The van der Waals surface area contributed by atoms with Crippen LogP contribution in [0.15, 0.2) is 71.3 Å². The SMILES string of the molecule is Cc1cccc(N(C(=O)c2ccco2)[C@H](C(=O)NC2CCCC2)c2ccccc2F)c1. The molecule has 1 aromatic heterocycles. The van der Waals surface area contributed by atoms with Gasteiger partial charge in [0.1, 0.15) is 11.9 Å². The molecule has 0 saturated heterocycles. The summed E-state index contributed by atoms with van der Waals surface area (Å²) in [5.41, 5.74) is 1.55. The van der Waals surface area contributed by atoms with Crippen molar-refractivity contribution in [2.75, 3.05) is 4.90 Å². The predicted octanol–water partition coefficient (Wildman–Crippen LogP) is 5.17. The average molecular weight is 420 g/mol. The van der Waals surface area contributed by atoms with Crippen LogP contribution in [0.1, 0.15) is 53.4 Å². The summed E-state index contributed by atoms with van der Waals surface area (Å²) in [5, 5.41) is 3.04. The number of hydrogen-bond donors (Lipinski definition) is 1. The minimum atomic E-state index is -1.18. The third-order valence-electron chi connectivity index (χ3n) is 5.64. The summed E-state index contributed by atoms with van der Waals surface area (Å²) in [4.78, 5) is 28.4. The average Bonchev–Trinajstić information content (AvgIpc) is 3.46. The Morgan fingerprint density at radius 3 is 2.52 bits per heavy atom. The maximum atomic E-state index is 14.9. The van der Waals surface area contributed by atoms with Gasteiger partial charge in [0.2, 0.25) is 5.91 Å². The summed E-state index contributed by atoms with van der Waals surface area (Å²) in [6, 6.07) is 15.3. The Labute approximate surface area is 180 Å². The Bertz CT molecular complexity index is 1060. The maximum Gasteiger partial charge on any atom is 0.294 e. The first-order valence-corrected chi connectivity index (χ1v) is 10.5. The van der Waals surface area contributed by atoms with Gasteiger partial charge in [0.05, 0.1) is 6.26 Å². The minimum absolute atomic E-state index is 0.0276. The third-order valence-corrected chi connectivity index (χ3v) is 5.64. The van der Waals surface area contributed by atoms with E-state index in [0.29, 0.717) is 5.69 Å². The standard InChI is InChI=1S/C25H25FN2O3/c1-17-8-6-11-19(16-17)28(25(30)22-14-7-15-31-22)23(20-12-4-5-13-21(20)26)24(29)27-18-9-2-3-10-18/h4-8,11-16,18,23H,2-3,9-10H2,1H3,(H,27,29)/t23-/m0/s1. The molecule has 4 rings (SSSR count). The molecule has 5 nitrogen and oxygen atoms in total. The summed E-state index contributed by atoms with van der Waals surface area (Å²) < 4.78 is 20.3. The lowest BCUT2D eigenvalue weighted by Gasteiger charge is -2.32. The van der Waals surface area contributed by atoms with Gasteiger partial charge in [-0.3, -0.25) is 14.5 Å². The molecule has 1 heterocycles. The van der Waals surface area contributed by atoms with Gasteiger partial charge in [-0.25, -0.2) is 4.39 Å². The first-order chi connectivity index (χ1) is 15.0. The fourth-order valence-electron chi connectivity index (χ4n) is 4.13. The van der Waals surface area contributed by atoms with E-state index in [1.807, 2.05) is 13.0 Å². The molecule has 0 aliphatic heterocycles. The van der Waals surface area contributed by atoms with Crippen LogP contribution in [0, 0.1) is 12.7 Å². The quantitative estimate of drug-likeness (QED) is 0.598. The zero-order valence-corrected chi connectivity index (χ0v) is 17.4. The van der Waals surface area contributed by atoms with Crippen LogP contribution in [-0.2, 0) is 4.79 Å². The van der Waals surface area contributed by atoms with Crippen LogP contribution in [0.3, 0.4) is 0 Å². The number of anilines is 1. The van der Waals surface area contributed by atoms with Crippen molar-refractivity contribution in [3.63, 3.8) is 0 Å². The molecule has 1 N–H and O–H groups in total. The number of aryl methyl sites for hydroxylation is 1. The predicted molar refractivity (Wildman–Crippen MR) is 116 cm³/mol. The molecule has 0 bridgehead atoms. The zero-order valence-electron chi connectivity index (χ0n) is 17.4. The monoisotopic (exact) mass is 420 g/mol. The molecule has 1 aliphatic rings. The van der Waals surface area contributed by atoms with Crippen LogP contribution >= 0.6 is 0 Å². The molecule has 1 aliphatic carbocycles. The highest BCUT2D eigenvalue weighted by Gasteiger charge is 2.37. The van der Waals surface area contributed by atoms with Gasteiger partial charge in [0.25, 0.3) is 5.91 Å². The van der Waals surface area contributed by atoms with E-state index >= 15 is 0 Å². The topological polar surface area (TPSA) is 62.6 Å². The number of benzene rings is 2. The third kappa shape index (κ3) is 4.53. The Balaban J connectivity index is 1.83. The zero-order chi connectivity index (χ0) is 21.8. The highest BCUT2D eigenvalue weighted by molar-refractivity contribution is 6.08. The lowest BCUT2D eigenvalue weighted by molar-refractivity contribution is -0.123. The van der Waals surface area contributed by atoms with E-state index in [1.165, 1.54) is 17.2 Å². The molecule has 2 amide bonds. The Hall–Kier alpha value is -3.41. The van der Waals surface area contributed by atoms with Crippen molar-refractivity contribution in [2.45, 2.75) is 44.7 Å². The number of nitrogens with zero attached hydrogens (tertiary/aromatic N) is 1. The number of carbonyl (C=O) groups is 2. The van der Waals surface area contributed by atoms with Crippen LogP contribution in [0.2, 0.25) is 0 Å². The summed E-state index contributed by atoms with van der Waals surface area (Å²) in [6.07, 6.45) is 5.25. The van der Waals surface area contributed by atoms with E-state index in [0.717, 1.165) is 31.2 Å². The van der Waals surface area contributed by atoms with Gasteiger partial charge in [-0.05, 0) is 55.7 Å². The summed E-state index contributed by atoms with van der Waals surface area (Å²) in [6.45, 7) is 1.90. The Kier molecular flexibility index (Phi) is 6.16. The maximum absolute atomic E-state index is 14.9. The Morgan fingerprint density at radius 1 is 1.06 bits per heavy atom. The van der Waals surface area contributed by atoms with Crippen LogP contribution in [0.5, 0.6) is 0 Å². The molecular weight excluding hydrogens is 395 g/mol. The van der Waals surface area contributed by atoms with Crippen molar-refractivity contribution in [2.24, 2.45) is 0 Å². The molecule has 1 atom stereocenters. The lowest BCUT2D eigenvalue weighted by Crippen LogP contribution is -2.46. The van der Waals surface area contributed by atoms with E-state index in [4.69, 9.17) is 4.42 Å². The van der Waals surface area contributed by atoms with Gasteiger partial charge in [-0.15, -0.1) is 0 Å². The summed E-state index contributed by atoms with van der Waals surface area (Å²) in [5.74, 6) is -1.38. The van der Waals surface area contributed by atoms with Crippen LogP contribution in [-0.4, -0.2) is 17.9 Å². The van der Waals surface area contributed by atoms with E-state index in [-0.39, 0.29) is 17.4 Å². The number of amides is 2. The molecule has 2 aromatic carbocycles. The van der Waals surface area contributed by atoms with Crippen molar-refractivity contribution in [3.05, 3.63) is 89.6 Å². The molecule has 31 heavy (non-hydrogen) atoms. The van der Waals surface area contributed by atoms with E-state index < -0.39 is 23.7 Å². The molecule has 1 saturated carbocycles. The Morgan fingerprint density at radius 2 is 1.84 bits per heavy atom. The molecule has 6 heteroatoms. The second-order valence-corrected chi connectivity index (χ2v) is 7.91. The van der Waals surface area contributed by atoms with Crippen molar-refractivity contribution >= 4 is 17.5 Å². The molecular formula is C25H25FN2O3. The van der Waals surface area contributed by atoms with Crippen LogP contribution in [0.25, 0.3) is 0 Å². The van der Waals surface area contributed by atoms with E-state index in [2.05, 4.69) is 5.32 Å². The van der Waals surface area contributed by atoms with Crippen molar-refractivity contribution in [1.82, 2.24) is 5.32 Å². The van der Waals surface area contributed by atoms with Crippen molar-refractivity contribution < 1.29 is 18.4 Å². The number of hydrogen-bond acceptors (Lipinski definition) is 3. The van der Waals surface area contributed by atoms with Gasteiger partial charge < -0.3 is 9.73 Å². The van der Waals surface area contributed by atoms with Gasteiger partial charge >= 0.3 is 0 Å². The molecule has 0 unspecified atom stereocenters. The van der Waals surface area contributed by atoms with Crippen LogP contribution in [0.4, 0.5) is 10.1 Å². The number of rotatable bonds is 6. The smallest absolute Gasteiger partial charge is 0.294 e. The van der Waals surface area contributed by atoms with Gasteiger partial charge in [-0.2, -0.15) is 0 Å². The van der Waals surface area contributed by atoms with Gasteiger partial charge in [0.15, 0.2) is 5.76 Å². The number of furan rings is 1. The first kappa shape index (κ1) is 20.8. The second kappa shape index (κ2) is 9.16. The highest BCUT2D eigenvalue weighted by Crippen LogP contribution is 2.32. The molecule has 0 spiro atoms. The number of nitrogens with one attached hydrogen (secondary N) is 1. The lowest BCUT2D eigenvalue weighted by atomic mass is 10.0. The number of carbonyl (C=O) groups excluding carboxylic acids is 2. The largest absolute Gasteiger partial charge is 0.459 e. The van der Waals surface area contributed by atoms with Gasteiger partial charge in [-0.1, -0.05) is 43.2 Å². The van der Waals surface area contributed by atoms with Gasteiger partial charge in [0, 0.05) is 17.3 Å². The highest BCUT2D eigenvalue weighted by atomic mass is 19.1. The summed E-state index contributed by atoms with van der Waals surface area (Å²) in [7, 11) is 0. The molecule has 1 fully saturated rings. The second-order valence-electron chi connectivity index (χ2n) is 7.91. The van der Waals surface area contributed by atoms with Crippen molar-refractivity contribution in [1.29, 1.82) is 0 Å². The number of halogens is 1. The fourth-order valence-corrected chi connectivity index (χ4v) is 4.13. The molecule has 160 valence electrons. The molecule has 0 radical (unpaired) electrons. The van der Waals surface area contributed by atoms with E-state index in [9.17, 15) is 14.0 Å².